The van der Waals surface area contributed by atoms with Gasteiger partial charge in [-0.15, -0.1) is 0 Å². The largest absolute Gasteiger partial charge is 0.298 e. The van der Waals surface area contributed by atoms with E-state index >= 15 is 0 Å². The maximum atomic E-state index is 11.1. The van der Waals surface area contributed by atoms with Gasteiger partial charge >= 0.3 is 0 Å². The van der Waals surface area contributed by atoms with Crippen molar-refractivity contribution in [3.63, 3.8) is 0 Å². The lowest BCUT2D eigenvalue weighted by molar-refractivity contribution is 0.112. The zero-order valence-electron chi connectivity index (χ0n) is 10.7. The molecule has 2 heteroatoms. The van der Waals surface area contributed by atoms with Gasteiger partial charge in [0.25, 0.3) is 0 Å². The third kappa shape index (κ3) is 2.21. The Kier molecular flexibility index (Phi) is 2.74. The second-order valence-electron chi connectivity index (χ2n) is 5.45. The summed E-state index contributed by atoms with van der Waals surface area (Å²) in [4.78, 5) is 15.6. The molecule has 1 heterocycles. The molecule has 0 N–H and O–H groups in total. The molecule has 0 aliphatic rings. The molecule has 0 aliphatic heterocycles. The van der Waals surface area contributed by atoms with Gasteiger partial charge in [-0.1, -0.05) is 26.8 Å². The Hall–Kier alpha value is -1.70. The molecule has 0 bridgehead atoms. The summed E-state index contributed by atoms with van der Waals surface area (Å²) >= 11 is 0. The molecule has 0 radical (unpaired) electrons. The maximum absolute atomic E-state index is 11.1. The molecular formula is C15H17NO. The molecule has 0 amide bonds. The number of nitrogens with zero attached hydrogens (tertiary/aromatic N) is 1. The first-order valence-corrected chi connectivity index (χ1v) is 5.79. The van der Waals surface area contributed by atoms with Crippen LogP contribution >= 0.6 is 0 Å². The van der Waals surface area contributed by atoms with Gasteiger partial charge in [0, 0.05) is 16.6 Å². The molecule has 88 valence electrons. The van der Waals surface area contributed by atoms with Crippen LogP contribution in [0.3, 0.4) is 0 Å². The minimum Gasteiger partial charge on any atom is -0.298 e. The summed E-state index contributed by atoms with van der Waals surface area (Å²) in [7, 11) is 0. The van der Waals surface area contributed by atoms with Crippen LogP contribution in [0.2, 0.25) is 0 Å². The minimum atomic E-state index is 0.0826. The van der Waals surface area contributed by atoms with Gasteiger partial charge in [-0.3, -0.25) is 9.78 Å². The van der Waals surface area contributed by atoms with Crippen molar-refractivity contribution in [2.24, 2.45) is 0 Å². The van der Waals surface area contributed by atoms with Gasteiger partial charge in [0.05, 0.1) is 5.52 Å². The Morgan fingerprint density at radius 2 is 1.88 bits per heavy atom. The summed E-state index contributed by atoms with van der Waals surface area (Å²) in [5.41, 5.74) is 3.79. The van der Waals surface area contributed by atoms with E-state index in [1.807, 2.05) is 19.1 Å². The second kappa shape index (κ2) is 3.95. The average Bonchev–Trinajstić information content (AvgIpc) is 2.25. The van der Waals surface area contributed by atoms with Crippen molar-refractivity contribution in [2.45, 2.75) is 33.1 Å². The molecule has 0 spiro atoms. The van der Waals surface area contributed by atoms with E-state index in [4.69, 9.17) is 0 Å². The van der Waals surface area contributed by atoms with Gasteiger partial charge in [0.2, 0.25) is 0 Å². The molecule has 0 aliphatic carbocycles. The van der Waals surface area contributed by atoms with Crippen molar-refractivity contribution >= 4 is 17.2 Å². The number of carbonyl (C=O) groups excluding carboxylic acids is 1. The third-order valence-electron chi connectivity index (χ3n) is 2.96. The van der Waals surface area contributed by atoms with E-state index in [0.717, 1.165) is 28.4 Å². The first-order chi connectivity index (χ1) is 7.91. The van der Waals surface area contributed by atoms with Crippen LogP contribution in [0, 0.1) is 6.92 Å². The number of aryl methyl sites for hydroxylation is 1. The van der Waals surface area contributed by atoms with E-state index in [1.165, 1.54) is 5.56 Å². The molecule has 2 rings (SSSR count). The van der Waals surface area contributed by atoms with Crippen LogP contribution in [0.1, 0.15) is 42.4 Å². The van der Waals surface area contributed by atoms with Gasteiger partial charge in [0.1, 0.15) is 0 Å². The van der Waals surface area contributed by atoms with Gasteiger partial charge in [-0.2, -0.15) is 0 Å². The van der Waals surface area contributed by atoms with E-state index in [9.17, 15) is 4.79 Å². The topological polar surface area (TPSA) is 30.0 Å². The molecule has 0 fully saturated rings. The Morgan fingerprint density at radius 3 is 2.47 bits per heavy atom. The monoisotopic (exact) mass is 227 g/mol. The zero-order chi connectivity index (χ0) is 12.6. The fourth-order valence-corrected chi connectivity index (χ4v) is 1.95. The summed E-state index contributed by atoms with van der Waals surface area (Å²) in [5, 5.41) is 0.943. The number of hydrogen-bond acceptors (Lipinski definition) is 2. The van der Waals surface area contributed by atoms with Crippen LogP contribution in [0.25, 0.3) is 10.9 Å². The smallest absolute Gasteiger partial charge is 0.150 e. The van der Waals surface area contributed by atoms with E-state index in [1.54, 1.807) is 0 Å². The lowest BCUT2D eigenvalue weighted by Gasteiger charge is -2.19. The van der Waals surface area contributed by atoms with Crippen molar-refractivity contribution in [1.82, 2.24) is 4.98 Å². The van der Waals surface area contributed by atoms with Crippen LogP contribution in [-0.4, -0.2) is 11.3 Å². The van der Waals surface area contributed by atoms with E-state index in [0.29, 0.717) is 0 Å². The molecular weight excluding hydrogens is 210 g/mol. The van der Waals surface area contributed by atoms with Crippen molar-refractivity contribution in [3.8, 4) is 0 Å². The highest BCUT2D eigenvalue weighted by molar-refractivity contribution is 5.96. The van der Waals surface area contributed by atoms with E-state index in [2.05, 4.69) is 37.9 Å². The van der Waals surface area contributed by atoms with Gasteiger partial charge < -0.3 is 0 Å². The first kappa shape index (κ1) is 11.8. The number of carbonyl (C=O) groups is 1. The minimum absolute atomic E-state index is 0.0826. The van der Waals surface area contributed by atoms with Crippen LogP contribution in [0.15, 0.2) is 24.3 Å². The first-order valence-electron chi connectivity index (χ1n) is 5.79. The van der Waals surface area contributed by atoms with Crippen molar-refractivity contribution in [3.05, 3.63) is 41.1 Å². The number of hydrogen-bond donors (Lipinski definition) is 0. The Balaban J connectivity index is 2.76. The van der Waals surface area contributed by atoms with Crippen LogP contribution in [-0.2, 0) is 5.41 Å². The molecule has 1 aromatic heterocycles. The number of aldehydes is 1. The Morgan fingerprint density at radius 1 is 1.18 bits per heavy atom. The standard InChI is InChI=1S/C15H17NO/c1-10-7-11(9-17)13-8-12(15(2,3)4)5-6-14(13)16-10/h5-9H,1-4H3. The maximum Gasteiger partial charge on any atom is 0.150 e. The van der Waals surface area contributed by atoms with Gasteiger partial charge in [-0.05, 0) is 36.1 Å². The van der Waals surface area contributed by atoms with Crippen molar-refractivity contribution in [1.29, 1.82) is 0 Å². The van der Waals surface area contributed by atoms with E-state index < -0.39 is 0 Å². The molecule has 0 atom stereocenters. The quantitative estimate of drug-likeness (QED) is 0.696. The normalized spacial score (nSPS) is 11.8. The molecule has 2 nitrogen and oxygen atoms in total. The number of aromatic nitrogens is 1. The number of rotatable bonds is 1. The molecule has 17 heavy (non-hydrogen) atoms. The van der Waals surface area contributed by atoms with Crippen molar-refractivity contribution in [2.75, 3.05) is 0 Å². The van der Waals surface area contributed by atoms with Crippen LogP contribution in [0.5, 0.6) is 0 Å². The predicted molar refractivity (Wildman–Crippen MR) is 70.6 cm³/mol. The van der Waals surface area contributed by atoms with Crippen LogP contribution < -0.4 is 0 Å². The Labute approximate surface area is 102 Å². The summed E-state index contributed by atoms with van der Waals surface area (Å²) in [6.07, 6.45) is 0.906. The van der Waals surface area contributed by atoms with Gasteiger partial charge in [-0.25, -0.2) is 0 Å². The lowest BCUT2D eigenvalue weighted by atomic mass is 9.86. The average molecular weight is 227 g/mol. The molecule has 2 aromatic rings. The van der Waals surface area contributed by atoms with E-state index in [-0.39, 0.29) is 5.41 Å². The zero-order valence-corrected chi connectivity index (χ0v) is 10.7. The van der Waals surface area contributed by atoms with Crippen molar-refractivity contribution < 1.29 is 4.79 Å². The van der Waals surface area contributed by atoms with Crippen LogP contribution in [0.4, 0.5) is 0 Å². The highest BCUT2D eigenvalue weighted by Crippen LogP contribution is 2.26. The SMILES string of the molecule is Cc1cc(C=O)c2cc(C(C)(C)C)ccc2n1. The Bertz CT molecular complexity index is 579. The lowest BCUT2D eigenvalue weighted by Crippen LogP contribution is -2.11. The summed E-state index contributed by atoms with van der Waals surface area (Å²) in [5.74, 6) is 0. The predicted octanol–water partition coefficient (Wildman–Crippen LogP) is 3.65. The summed E-state index contributed by atoms with van der Waals surface area (Å²) < 4.78 is 0. The van der Waals surface area contributed by atoms with Gasteiger partial charge in [0.15, 0.2) is 6.29 Å². The molecule has 1 aromatic carbocycles. The fourth-order valence-electron chi connectivity index (χ4n) is 1.95. The summed E-state index contributed by atoms with van der Waals surface area (Å²) in [6, 6.07) is 7.99. The number of benzene rings is 1. The number of pyridine rings is 1. The third-order valence-corrected chi connectivity index (χ3v) is 2.96. The molecule has 0 unspecified atom stereocenters. The highest BCUT2D eigenvalue weighted by Gasteiger charge is 2.15. The summed E-state index contributed by atoms with van der Waals surface area (Å²) in [6.45, 7) is 8.40. The second-order valence-corrected chi connectivity index (χ2v) is 5.45. The number of fused-ring (bicyclic) bond motifs is 1. The highest BCUT2D eigenvalue weighted by atomic mass is 16.1. The fraction of sp³-hybridized carbons (Fsp3) is 0.333. The molecule has 0 saturated carbocycles. The molecule has 0 saturated heterocycles.